The molecule has 7 heteroatoms. The highest BCUT2D eigenvalue weighted by Crippen LogP contribution is 2.36. The number of carbonyl (C=O) groups excluding carboxylic acids is 2. The maximum absolute atomic E-state index is 13.8. The van der Waals surface area contributed by atoms with Crippen LogP contribution in [0.4, 0.5) is 9.18 Å². The van der Waals surface area contributed by atoms with Gasteiger partial charge >= 0.3 is 6.09 Å². The summed E-state index contributed by atoms with van der Waals surface area (Å²) in [6, 6.07) is 24.9. The first-order valence-electron chi connectivity index (χ1n) is 13.1. The van der Waals surface area contributed by atoms with Gasteiger partial charge in [0.2, 0.25) is 5.91 Å². The number of nitrogens with zero attached hydrogens (tertiary/aromatic N) is 3. The average molecular weight is 514 g/mol. The van der Waals surface area contributed by atoms with E-state index in [4.69, 9.17) is 4.74 Å². The van der Waals surface area contributed by atoms with Crippen LogP contribution in [-0.2, 0) is 16.1 Å². The molecular weight excluding hydrogens is 481 g/mol. The van der Waals surface area contributed by atoms with Crippen molar-refractivity contribution in [2.45, 2.75) is 25.8 Å². The molecular formula is C31H32FN3O3. The summed E-state index contributed by atoms with van der Waals surface area (Å²) < 4.78 is 21.2. The van der Waals surface area contributed by atoms with Gasteiger partial charge in [0.05, 0.1) is 6.61 Å². The van der Waals surface area contributed by atoms with Gasteiger partial charge in [-0.2, -0.15) is 0 Å². The highest BCUT2D eigenvalue weighted by atomic mass is 19.1. The van der Waals surface area contributed by atoms with Gasteiger partial charge in [0.15, 0.2) is 0 Å². The Balaban J connectivity index is 1.44. The Morgan fingerprint density at radius 1 is 0.868 bits per heavy atom. The number of hydrogen-bond donors (Lipinski definition) is 0. The van der Waals surface area contributed by atoms with Gasteiger partial charge in [-0.25, -0.2) is 9.18 Å². The van der Waals surface area contributed by atoms with Crippen LogP contribution in [0, 0.1) is 5.82 Å². The molecule has 5 rings (SSSR count). The second-order valence-electron chi connectivity index (χ2n) is 9.59. The second-order valence-corrected chi connectivity index (χ2v) is 9.59. The number of carbonyl (C=O) groups is 2. The lowest BCUT2D eigenvalue weighted by Crippen LogP contribution is -2.50. The Morgan fingerprint density at radius 2 is 1.53 bits per heavy atom. The van der Waals surface area contributed by atoms with E-state index in [-0.39, 0.29) is 30.2 Å². The Morgan fingerprint density at radius 3 is 2.24 bits per heavy atom. The maximum atomic E-state index is 13.8. The molecule has 1 fully saturated rings. The topological polar surface area (TPSA) is 54.8 Å². The highest BCUT2D eigenvalue weighted by Gasteiger charge is 2.29. The Kier molecular flexibility index (Phi) is 7.73. The number of piperazine rings is 1. The fraction of sp³-hybridized carbons (Fsp3) is 0.290. The number of aromatic nitrogens is 1. The molecule has 1 aromatic heterocycles. The fourth-order valence-electron chi connectivity index (χ4n) is 5.22. The molecule has 0 N–H and O–H groups in total. The Hall–Kier alpha value is -4.13. The summed E-state index contributed by atoms with van der Waals surface area (Å²) in [7, 11) is 0. The van der Waals surface area contributed by atoms with Crippen molar-refractivity contribution in [1.29, 1.82) is 0 Å². The highest BCUT2D eigenvalue weighted by molar-refractivity contribution is 5.87. The zero-order valence-corrected chi connectivity index (χ0v) is 21.6. The monoisotopic (exact) mass is 513 g/mol. The Bertz CT molecular complexity index is 1390. The molecule has 38 heavy (non-hydrogen) atoms. The van der Waals surface area contributed by atoms with Crippen LogP contribution in [0.3, 0.4) is 0 Å². The van der Waals surface area contributed by atoms with Gasteiger partial charge in [-0.1, -0.05) is 60.7 Å². The summed E-state index contributed by atoms with van der Waals surface area (Å²) in [6.07, 6.45) is 2.05. The molecule has 1 atom stereocenters. The minimum absolute atomic E-state index is 0.0164. The van der Waals surface area contributed by atoms with E-state index in [0.29, 0.717) is 39.3 Å². The first kappa shape index (κ1) is 25.5. The van der Waals surface area contributed by atoms with E-state index in [1.165, 1.54) is 17.7 Å². The molecule has 4 aromatic rings. The van der Waals surface area contributed by atoms with Crippen LogP contribution in [0.2, 0.25) is 0 Å². The number of amides is 2. The summed E-state index contributed by atoms with van der Waals surface area (Å²) in [6.45, 7) is 4.64. The molecule has 1 saturated heterocycles. The van der Waals surface area contributed by atoms with Crippen LogP contribution in [0.1, 0.15) is 36.0 Å². The maximum Gasteiger partial charge on any atom is 0.409 e. The van der Waals surface area contributed by atoms with Gasteiger partial charge in [-0.15, -0.1) is 0 Å². The minimum Gasteiger partial charge on any atom is -0.450 e. The summed E-state index contributed by atoms with van der Waals surface area (Å²) in [5.74, 6) is -0.531. The predicted octanol–water partition coefficient (Wildman–Crippen LogP) is 5.65. The molecule has 196 valence electrons. The Labute approximate surface area is 222 Å². The smallest absolute Gasteiger partial charge is 0.409 e. The molecule has 1 aliphatic heterocycles. The second kappa shape index (κ2) is 11.5. The van der Waals surface area contributed by atoms with E-state index in [0.717, 1.165) is 22.0 Å². The number of benzene rings is 3. The van der Waals surface area contributed by atoms with E-state index in [1.54, 1.807) is 24.0 Å². The van der Waals surface area contributed by atoms with Crippen LogP contribution >= 0.6 is 0 Å². The van der Waals surface area contributed by atoms with Gasteiger partial charge in [0, 0.05) is 62.2 Å². The number of fused-ring (bicyclic) bond motifs is 1. The van der Waals surface area contributed by atoms with Crippen molar-refractivity contribution in [3.8, 4) is 0 Å². The first-order valence-corrected chi connectivity index (χ1v) is 13.1. The molecule has 0 bridgehead atoms. The van der Waals surface area contributed by atoms with Crippen LogP contribution in [0.5, 0.6) is 0 Å². The van der Waals surface area contributed by atoms with E-state index < -0.39 is 0 Å². The van der Waals surface area contributed by atoms with Crippen LogP contribution in [0.25, 0.3) is 10.9 Å². The van der Waals surface area contributed by atoms with Crippen molar-refractivity contribution >= 4 is 22.9 Å². The van der Waals surface area contributed by atoms with Crippen molar-refractivity contribution in [3.05, 3.63) is 108 Å². The van der Waals surface area contributed by atoms with Crippen molar-refractivity contribution in [1.82, 2.24) is 14.4 Å². The van der Waals surface area contributed by atoms with E-state index in [1.807, 2.05) is 35.2 Å². The molecule has 6 nitrogen and oxygen atoms in total. The lowest BCUT2D eigenvalue weighted by molar-refractivity contribution is -0.133. The normalized spacial score (nSPS) is 14.5. The zero-order valence-electron chi connectivity index (χ0n) is 21.6. The lowest BCUT2D eigenvalue weighted by atomic mass is 9.87. The third-order valence-corrected chi connectivity index (χ3v) is 7.20. The third kappa shape index (κ3) is 5.57. The molecule has 3 aromatic carbocycles. The average Bonchev–Trinajstić information content (AvgIpc) is 3.31. The van der Waals surface area contributed by atoms with Crippen molar-refractivity contribution in [2.24, 2.45) is 0 Å². The lowest BCUT2D eigenvalue weighted by Gasteiger charge is -2.34. The van der Waals surface area contributed by atoms with Crippen LogP contribution in [0.15, 0.2) is 85.1 Å². The number of halogens is 1. The summed E-state index contributed by atoms with van der Waals surface area (Å²) in [4.78, 5) is 29.1. The summed E-state index contributed by atoms with van der Waals surface area (Å²) in [5, 5.41) is 1.08. The van der Waals surface area contributed by atoms with Crippen LogP contribution in [-0.4, -0.2) is 59.2 Å². The fourth-order valence-corrected chi connectivity index (χ4v) is 5.22. The van der Waals surface area contributed by atoms with Crippen molar-refractivity contribution in [2.75, 3.05) is 32.8 Å². The first-order chi connectivity index (χ1) is 18.5. The van der Waals surface area contributed by atoms with Crippen molar-refractivity contribution in [3.63, 3.8) is 0 Å². The third-order valence-electron chi connectivity index (χ3n) is 7.20. The quantitative estimate of drug-likeness (QED) is 0.321. The van der Waals surface area contributed by atoms with E-state index in [2.05, 4.69) is 35.0 Å². The standard InChI is InChI=1S/C31H32FN3O3/c1-2-38-31(37)34-18-16-33(17-19-34)30(36)20-27(24-12-14-25(32)15-13-24)28-22-35(21-23-8-4-3-5-9-23)29-11-7-6-10-26(28)29/h3-15,22,27H,2,16-21H2,1H3. The molecule has 2 amide bonds. The SMILES string of the molecule is CCOC(=O)N1CCN(C(=O)CC(c2ccc(F)cc2)c2cn(Cc3ccccc3)c3ccccc23)CC1. The molecule has 0 saturated carbocycles. The number of ether oxygens (including phenoxy) is 1. The van der Waals surface area contributed by atoms with Gasteiger partial charge in [-0.3, -0.25) is 4.79 Å². The van der Waals surface area contributed by atoms with Gasteiger partial charge in [0.1, 0.15) is 5.82 Å². The van der Waals surface area contributed by atoms with Gasteiger partial charge < -0.3 is 19.1 Å². The minimum atomic E-state index is -0.338. The molecule has 0 aliphatic carbocycles. The van der Waals surface area contributed by atoms with E-state index in [9.17, 15) is 14.0 Å². The molecule has 2 heterocycles. The van der Waals surface area contributed by atoms with E-state index >= 15 is 0 Å². The van der Waals surface area contributed by atoms with Gasteiger partial charge in [-0.05, 0) is 41.8 Å². The van der Waals surface area contributed by atoms with Gasteiger partial charge in [0.25, 0.3) is 0 Å². The van der Waals surface area contributed by atoms with Crippen molar-refractivity contribution < 1.29 is 18.7 Å². The number of hydrogen-bond acceptors (Lipinski definition) is 3. The molecule has 0 spiro atoms. The molecule has 1 unspecified atom stereocenters. The largest absolute Gasteiger partial charge is 0.450 e. The predicted molar refractivity (Wildman–Crippen MR) is 146 cm³/mol. The summed E-state index contributed by atoms with van der Waals surface area (Å²) >= 11 is 0. The zero-order chi connectivity index (χ0) is 26.5. The summed E-state index contributed by atoms with van der Waals surface area (Å²) in [5.41, 5.74) is 4.22. The molecule has 1 aliphatic rings. The number of para-hydroxylation sites is 1. The number of rotatable bonds is 7. The molecule has 0 radical (unpaired) electrons. The van der Waals surface area contributed by atoms with Crippen LogP contribution < -0.4 is 0 Å².